The molecule has 0 amide bonds. The van der Waals surface area contributed by atoms with Crippen LogP contribution in [-0.4, -0.2) is 17.8 Å². The lowest BCUT2D eigenvalue weighted by atomic mass is 9.96. The minimum atomic E-state index is -0.366. The summed E-state index contributed by atoms with van der Waals surface area (Å²) in [6.45, 7) is 1.94. The molecule has 0 fully saturated rings. The van der Waals surface area contributed by atoms with Gasteiger partial charge in [-0.15, -0.1) is 0 Å². The second kappa shape index (κ2) is 6.20. The number of hydrogen-bond acceptors (Lipinski definition) is 5. The van der Waals surface area contributed by atoms with Crippen molar-refractivity contribution in [1.82, 2.24) is 5.01 Å². The second-order valence-electron chi connectivity index (χ2n) is 6.83. The normalized spacial score (nSPS) is 20.5. The molecule has 27 heavy (non-hydrogen) atoms. The van der Waals surface area contributed by atoms with Crippen LogP contribution in [0.1, 0.15) is 41.3 Å². The van der Waals surface area contributed by atoms with Gasteiger partial charge in [-0.3, -0.25) is 0 Å². The van der Waals surface area contributed by atoms with Gasteiger partial charge in [-0.1, -0.05) is 18.2 Å². The smallest absolute Gasteiger partial charge is 0.246 e. The maximum Gasteiger partial charge on any atom is 0.246 e. The molecule has 0 saturated heterocycles. The molecule has 136 valence electrons. The molecular formula is C22H20N2O3. The summed E-state index contributed by atoms with van der Waals surface area (Å²) in [6, 6.07) is 20.3. The summed E-state index contributed by atoms with van der Waals surface area (Å²) < 4.78 is 17.4. The Morgan fingerprint density at radius 3 is 2.59 bits per heavy atom. The Balaban J connectivity index is 1.56. The van der Waals surface area contributed by atoms with Crippen molar-refractivity contribution in [3.63, 3.8) is 0 Å². The number of para-hydroxylation sites is 1. The predicted molar refractivity (Wildman–Crippen MR) is 102 cm³/mol. The molecule has 0 N–H and O–H groups in total. The van der Waals surface area contributed by atoms with Crippen LogP contribution in [0, 0.1) is 6.92 Å². The van der Waals surface area contributed by atoms with Gasteiger partial charge in [-0.25, -0.2) is 5.01 Å². The Kier molecular flexibility index (Phi) is 3.67. The second-order valence-corrected chi connectivity index (χ2v) is 6.83. The topological polar surface area (TPSA) is 47.2 Å². The van der Waals surface area contributed by atoms with Crippen molar-refractivity contribution in [3.8, 4) is 11.5 Å². The van der Waals surface area contributed by atoms with Crippen molar-refractivity contribution >= 4 is 5.71 Å². The first-order chi connectivity index (χ1) is 13.2. The summed E-state index contributed by atoms with van der Waals surface area (Å²) in [5.41, 5.74) is 3.29. The third-order valence-electron chi connectivity index (χ3n) is 5.13. The minimum Gasteiger partial charge on any atom is -0.497 e. The Bertz CT molecular complexity index is 1010. The molecule has 0 radical (unpaired) electrons. The van der Waals surface area contributed by atoms with Gasteiger partial charge in [0.15, 0.2) is 5.76 Å². The molecule has 1 aromatic heterocycles. The summed E-state index contributed by atoms with van der Waals surface area (Å²) in [5.74, 6) is 3.37. The molecule has 2 atom stereocenters. The van der Waals surface area contributed by atoms with E-state index in [1.807, 2.05) is 54.4 Å². The van der Waals surface area contributed by atoms with E-state index >= 15 is 0 Å². The fourth-order valence-electron chi connectivity index (χ4n) is 3.77. The average molecular weight is 360 g/mol. The van der Waals surface area contributed by atoms with Crippen LogP contribution in [0.4, 0.5) is 0 Å². The Morgan fingerprint density at radius 1 is 1.04 bits per heavy atom. The quantitative estimate of drug-likeness (QED) is 0.671. The van der Waals surface area contributed by atoms with E-state index in [-0.39, 0.29) is 12.3 Å². The number of aryl methyl sites for hydroxylation is 1. The third-order valence-corrected chi connectivity index (χ3v) is 5.13. The van der Waals surface area contributed by atoms with Gasteiger partial charge in [0.25, 0.3) is 0 Å². The lowest BCUT2D eigenvalue weighted by Crippen LogP contribution is -2.33. The van der Waals surface area contributed by atoms with E-state index in [4.69, 9.17) is 19.0 Å². The van der Waals surface area contributed by atoms with E-state index in [9.17, 15) is 0 Å². The summed E-state index contributed by atoms with van der Waals surface area (Å²) in [7, 11) is 1.67. The van der Waals surface area contributed by atoms with Gasteiger partial charge in [0, 0.05) is 12.0 Å². The molecule has 0 unspecified atom stereocenters. The number of benzene rings is 2. The van der Waals surface area contributed by atoms with Crippen LogP contribution >= 0.6 is 0 Å². The fourth-order valence-corrected chi connectivity index (χ4v) is 3.77. The minimum absolute atomic E-state index is 0.127. The Labute approximate surface area is 157 Å². The molecule has 0 saturated carbocycles. The lowest BCUT2D eigenvalue weighted by Gasteiger charge is -2.36. The Morgan fingerprint density at radius 2 is 1.85 bits per heavy atom. The van der Waals surface area contributed by atoms with Gasteiger partial charge in [-0.05, 0) is 55.0 Å². The number of methoxy groups -OCH3 is 1. The highest BCUT2D eigenvalue weighted by molar-refractivity contribution is 6.02. The number of nitrogens with zero attached hydrogens (tertiary/aromatic N) is 2. The van der Waals surface area contributed by atoms with E-state index in [1.165, 1.54) is 0 Å². The van der Waals surface area contributed by atoms with Crippen LogP contribution in [0.2, 0.25) is 0 Å². The van der Waals surface area contributed by atoms with Gasteiger partial charge in [-0.2, -0.15) is 5.10 Å². The highest BCUT2D eigenvalue weighted by atomic mass is 16.5. The van der Waals surface area contributed by atoms with E-state index < -0.39 is 0 Å². The van der Waals surface area contributed by atoms with Crippen LogP contribution in [-0.2, 0) is 0 Å². The van der Waals surface area contributed by atoms with Crippen LogP contribution in [0.25, 0.3) is 0 Å². The molecule has 5 heteroatoms. The van der Waals surface area contributed by atoms with Gasteiger partial charge < -0.3 is 13.9 Å². The number of rotatable bonds is 3. The standard InChI is InChI=1S/C22H20N2O3/c1-14-7-12-21(26-14)22-24-19(17-5-3-4-6-20(17)27-22)13-18(23-24)15-8-10-16(25-2)11-9-15/h3-12,19,22H,13H2,1-2H3/t19-,22-/m0/s1. The van der Waals surface area contributed by atoms with E-state index in [1.54, 1.807) is 7.11 Å². The van der Waals surface area contributed by atoms with E-state index in [2.05, 4.69) is 18.2 Å². The predicted octanol–water partition coefficient (Wildman–Crippen LogP) is 4.84. The third kappa shape index (κ3) is 2.67. The van der Waals surface area contributed by atoms with Gasteiger partial charge in [0.05, 0.1) is 18.9 Å². The first kappa shape index (κ1) is 16.0. The largest absolute Gasteiger partial charge is 0.497 e. The highest BCUT2D eigenvalue weighted by Crippen LogP contribution is 2.47. The van der Waals surface area contributed by atoms with E-state index in [0.29, 0.717) is 0 Å². The highest BCUT2D eigenvalue weighted by Gasteiger charge is 2.42. The lowest BCUT2D eigenvalue weighted by molar-refractivity contribution is -0.0329. The first-order valence-electron chi connectivity index (χ1n) is 9.05. The summed E-state index contributed by atoms with van der Waals surface area (Å²) in [4.78, 5) is 0. The number of furan rings is 1. The van der Waals surface area contributed by atoms with Crippen molar-refractivity contribution in [2.24, 2.45) is 5.10 Å². The molecule has 0 spiro atoms. The maximum absolute atomic E-state index is 6.27. The molecule has 3 aromatic rings. The summed E-state index contributed by atoms with van der Waals surface area (Å²) in [6.07, 6.45) is 0.456. The van der Waals surface area contributed by atoms with Gasteiger partial charge in [0.1, 0.15) is 17.3 Å². The number of ether oxygens (including phenoxy) is 2. The number of hydrazone groups is 1. The van der Waals surface area contributed by atoms with Gasteiger partial charge in [0.2, 0.25) is 6.23 Å². The molecule has 0 aliphatic carbocycles. The average Bonchev–Trinajstić information content (AvgIpc) is 3.34. The molecule has 2 aromatic carbocycles. The van der Waals surface area contributed by atoms with Crippen molar-refractivity contribution in [1.29, 1.82) is 0 Å². The van der Waals surface area contributed by atoms with Crippen LogP contribution in [0.5, 0.6) is 11.5 Å². The molecule has 3 heterocycles. The SMILES string of the molecule is COc1ccc(C2=NN3[C@@H](C2)c2ccccc2O[C@H]3c2ccc(C)o2)cc1. The molecule has 5 rings (SSSR count). The molecule has 2 aliphatic heterocycles. The zero-order valence-electron chi connectivity index (χ0n) is 15.3. The van der Waals surface area contributed by atoms with Crippen LogP contribution in [0.15, 0.2) is 70.2 Å². The van der Waals surface area contributed by atoms with E-state index in [0.717, 1.165) is 46.3 Å². The fraction of sp³-hybridized carbons (Fsp3) is 0.227. The molecular weight excluding hydrogens is 340 g/mol. The zero-order chi connectivity index (χ0) is 18.4. The van der Waals surface area contributed by atoms with Crippen molar-refractivity contribution < 1.29 is 13.9 Å². The number of fused-ring (bicyclic) bond motifs is 3. The first-order valence-corrected chi connectivity index (χ1v) is 9.05. The maximum atomic E-state index is 6.27. The molecule has 2 aliphatic rings. The monoisotopic (exact) mass is 360 g/mol. The Hall–Kier alpha value is -3.21. The molecule has 5 nitrogen and oxygen atoms in total. The van der Waals surface area contributed by atoms with Crippen molar-refractivity contribution in [2.75, 3.05) is 7.11 Å². The summed E-state index contributed by atoms with van der Waals surface area (Å²) >= 11 is 0. The van der Waals surface area contributed by atoms with Crippen LogP contribution < -0.4 is 9.47 Å². The van der Waals surface area contributed by atoms with Gasteiger partial charge >= 0.3 is 0 Å². The zero-order valence-corrected chi connectivity index (χ0v) is 15.3. The number of hydrogen-bond donors (Lipinski definition) is 0. The van der Waals surface area contributed by atoms with Crippen LogP contribution in [0.3, 0.4) is 0 Å². The molecule has 0 bridgehead atoms. The van der Waals surface area contributed by atoms with Crippen molar-refractivity contribution in [3.05, 3.63) is 83.3 Å². The summed E-state index contributed by atoms with van der Waals surface area (Å²) in [5, 5.41) is 6.95. The van der Waals surface area contributed by atoms with Crippen molar-refractivity contribution in [2.45, 2.75) is 25.6 Å².